The number of pyridine rings is 1. The zero-order valence-corrected chi connectivity index (χ0v) is 9.78. The van der Waals surface area contributed by atoms with Crippen LogP contribution in [0.1, 0.15) is 18.9 Å². The number of carbonyl (C=O) groups is 2. The Morgan fingerprint density at radius 1 is 1.47 bits per heavy atom. The lowest BCUT2D eigenvalue weighted by molar-refractivity contribution is -0.146. The van der Waals surface area contributed by atoms with Crippen LogP contribution in [0.3, 0.4) is 0 Å². The highest BCUT2D eigenvalue weighted by Gasteiger charge is 2.06. The maximum Gasteiger partial charge on any atom is 0.313 e. The molecule has 15 heavy (non-hydrogen) atoms. The number of esters is 1. The Hall–Kier alpha value is -1.23. The number of aromatic nitrogens is 1. The number of rotatable bonds is 4. The van der Waals surface area contributed by atoms with Crippen LogP contribution in [0.4, 0.5) is 0 Å². The van der Waals surface area contributed by atoms with Crippen LogP contribution < -0.4 is 0 Å². The maximum absolute atomic E-state index is 11.0. The predicted molar refractivity (Wildman–Crippen MR) is 57.0 cm³/mol. The molecule has 0 aliphatic heterocycles. The van der Waals surface area contributed by atoms with Crippen molar-refractivity contribution in [3.05, 3.63) is 28.5 Å². The van der Waals surface area contributed by atoms with Crippen molar-refractivity contribution < 1.29 is 14.3 Å². The molecule has 0 unspecified atom stereocenters. The van der Waals surface area contributed by atoms with Gasteiger partial charge in [-0.1, -0.05) is 0 Å². The SMILES string of the molecule is CC(=O)CC(=O)OCc1cncc(Br)c1. The van der Waals surface area contributed by atoms with E-state index in [9.17, 15) is 9.59 Å². The van der Waals surface area contributed by atoms with E-state index < -0.39 is 5.97 Å². The lowest BCUT2D eigenvalue weighted by atomic mass is 10.3. The Morgan fingerprint density at radius 2 is 2.20 bits per heavy atom. The molecular weight excluding hydrogens is 262 g/mol. The molecule has 1 rings (SSSR count). The van der Waals surface area contributed by atoms with E-state index in [0.717, 1.165) is 10.0 Å². The smallest absolute Gasteiger partial charge is 0.313 e. The summed E-state index contributed by atoms with van der Waals surface area (Å²) in [5, 5.41) is 0. The summed E-state index contributed by atoms with van der Waals surface area (Å²) in [6.45, 7) is 1.49. The summed E-state index contributed by atoms with van der Waals surface area (Å²) in [5.74, 6) is -0.713. The van der Waals surface area contributed by atoms with E-state index in [1.54, 1.807) is 18.5 Å². The summed E-state index contributed by atoms with van der Waals surface area (Å²) in [7, 11) is 0. The van der Waals surface area contributed by atoms with Crippen LogP contribution >= 0.6 is 15.9 Å². The number of hydrogen-bond donors (Lipinski definition) is 0. The van der Waals surface area contributed by atoms with Crippen molar-refractivity contribution in [2.24, 2.45) is 0 Å². The average Bonchev–Trinajstić information content (AvgIpc) is 2.14. The highest BCUT2D eigenvalue weighted by atomic mass is 79.9. The molecule has 4 nitrogen and oxygen atoms in total. The van der Waals surface area contributed by atoms with Crippen LogP contribution in [-0.2, 0) is 20.9 Å². The van der Waals surface area contributed by atoms with Crippen LogP contribution in [-0.4, -0.2) is 16.7 Å². The normalized spacial score (nSPS) is 9.73. The van der Waals surface area contributed by atoms with Gasteiger partial charge in [-0.15, -0.1) is 0 Å². The van der Waals surface area contributed by atoms with Gasteiger partial charge in [-0.2, -0.15) is 0 Å². The minimum atomic E-state index is -0.512. The minimum absolute atomic E-state index is 0.137. The summed E-state index contributed by atoms with van der Waals surface area (Å²) in [6.07, 6.45) is 3.06. The predicted octanol–water partition coefficient (Wildman–Crippen LogP) is 1.87. The Kier molecular flexibility index (Phi) is 4.42. The highest BCUT2D eigenvalue weighted by Crippen LogP contribution is 2.10. The third kappa shape index (κ3) is 4.69. The number of hydrogen-bond acceptors (Lipinski definition) is 4. The number of Topliss-reactive ketones (excluding diaryl/α,β-unsaturated/α-hetero) is 1. The van der Waals surface area contributed by atoms with Gasteiger partial charge in [0, 0.05) is 22.4 Å². The molecule has 0 aliphatic carbocycles. The molecule has 0 N–H and O–H groups in total. The Bertz CT molecular complexity index is 379. The van der Waals surface area contributed by atoms with E-state index in [1.165, 1.54) is 6.92 Å². The van der Waals surface area contributed by atoms with Crippen LogP contribution in [0.25, 0.3) is 0 Å². The van der Waals surface area contributed by atoms with Crippen molar-refractivity contribution >= 4 is 27.7 Å². The first-order valence-electron chi connectivity index (χ1n) is 4.32. The molecule has 0 amide bonds. The molecule has 5 heteroatoms. The second kappa shape index (κ2) is 5.60. The molecular formula is C10H10BrNO3. The summed E-state index contributed by atoms with van der Waals surface area (Å²) in [5.41, 5.74) is 0.779. The van der Waals surface area contributed by atoms with Crippen LogP contribution in [0.5, 0.6) is 0 Å². The van der Waals surface area contributed by atoms with Crippen LogP contribution in [0.15, 0.2) is 22.9 Å². The molecule has 0 atom stereocenters. The fraction of sp³-hybridized carbons (Fsp3) is 0.300. The van der Waals surface area contributed by atoms with Gasteiger partial charge >= 0.3 is 5.97 Å². The molecule has 1 aromatic heterocycles. The van der Waals surface area contributed by atoms with Gasteiger partial charge < -0.3 is 4.74 Å². The van der Waals surface area contributed by atoms with Gasteiger partial charge in [0.15, 0.2) is 0 Å². The first-order valence-corrected chi connectivity index (χ1v) is 5.11. The Balaban J connectivity index is 2.43. The van der Waals surface area contributed by atoms with Gasteiger partial charge in [-0.25, -0.2) is 0 Å². The lowest BCUT2D eigenvalue weighted by Gasteiger charge is -2.03. The molecule has 0 bridgehead atoms. The van der Waals surface area contributed by atoms with Crippen molar-refractivity contribution in [3.8, 4) is 0 Å². The number of ether oxygens (including phenoxy) is 1. The molecule has 1 aromatic rings. The number of carbonyl (C=O) groups excluding carboxylic acids is 2. The number of halogens is 1. The monoisotopic (exact) mass is 271 g/mol. The second-order valence-corrected chi connectivity index (χ2v) is 3.97. The molecule has 0 aromatic carbocycles. The largest absolute Gasteiger partial charge is 0.460 e. The Labute approximate surface area is 95.8 Å². The molecule has 0 radical (unpaired) electrons. The third-order valence-corrected chi connectivity index (χ3v) is 1.99. The summed E-state index contributed by atoms with van der Waals surface area (Å²) in [4.78, 5) is 25.6. The van der Waals surface area contributed by atoms with Gasteiger partial charge in [0.2, 0.25) is 0 Å². The topological polar surface area (TPSA) is 56.3 Å². The van der Waals surface area contributed by atoms with Crippen molar-refractivity contribution in [1.29, 1.82) is 0 Å². The zero-order chi connectivity index (χ0) is 11.3. The summed E-state index contributed by atoms with van der Waals surface area (Å²) < 4.78 is 5.70. The van der Waals surface area contributed by atoms with E-state index in [-0.39, 0.29) is 18.8 Å². The maximum atomic E-state index is 11.0. The van der Waals surface area contributed by atoms with Crippen LogP contribution in [0, 0.1) is 0 Å². The van der Waals surface area contributed by atoms with Gasteiger partial charge in [0.1, 0.15) is 18.8 Å². The van der Waals surface area contributed by atoms with Crippen molar-refractivity contribution in [3.63, 3.8) is 0 Å². The highest BCUT2D eigenvalue weighted by molar-refractivity contribution is 9.10. The van der Waals surface area contributed by atoms with Gasteiger partial charge in [0.05, 0.1) is 0 Å². The van der Waals surface area contributed by atoms with E-state index in [1.807, 2.05) is 0 Å². The van der Waals surface area contributed by atoms with Crippen LogP contribution in [0.2, 0.25) is 0 Å². The van der Waals surface area contributed by atoms with Crippen molar-refractivity contribution in [2.75, 3.05) is 0 Å². The van der Waals surface area contributed by atoms with E-state index in [0.29, 0.717) is 0 Å². The van der Waals surface area contributed by atoms with E-state index in [4.69, 9.17) is 4.74 Å². The molecule has 0 saturated carbocycles. The third-order valence-electron chi connectivity index (χ3n) is 1.55. The molecule has 0 spiro atoms. The van der Waals surface area contributed by atoms with Gasteiger partial charge in [-0.05, 0) is 28.9 Å². The minimum Gasteiger partial charge on any atom is -0.460 e. The molecule has 0 fully saturated rings. The van der Waals surface area contributed by atoms with Crippen molar-refractivity contribution in [1.82, 2.24) is 4.98 Å². The standard InChI is InChI=1S/C10H10BrNO3/c1-7(13)2-10(14)15-6-8-3-9(11)5-12-4-8/h3-5H,2,6H2,1H3. The number of ketones is 1. The molecule has 1 heterocycles. The fourth-order valence-electron chi connectivity index (χ4n) is 0.953. The first kappa shape index (κ1) is 11.8. The second-order valence-electron chi connectivity index (χ2n) is 3.05. The first-order chi connectivity index (χ1) is 7.08. The quantitative estimate of drug-likeness (QED) is 0.620. The molecule has 0 saturated heterocycles. The van der Waals surface area contributed by atoms with Crippen molar-refractivity contribution in [2.45, 2.75) is 20.0 Å². The average molecular weight is 272 g/mol. The molecule has 80 valence electrons. The fourth-order valence-corrected chi connectivity index (χ4v) is 1.37. The summed E-state index contributed by atoms with van der Waals surface area (Å²) >= 11 is 3.25. The zero-order valence-electron chi connectivity index (χ0n) is 8.20. The van der Waals surface area contributed by atoms with E-state index in [2.05, 4.69) is 20.9 Å². The lowest BCUT2D eigenvalue weighted by Crippen LogP contribution is -2.08. The Morgan fingerprint density at radius 3 is 2.80 bits per heavy atom. The number of nitrogens with zero attached hydrogens (tertiary/aromatic N) is 1. The summed E-state index contributed by atoms with van der Waals surface area (Å²) in [6, 6.07) is 1.80. The molecule has 0 aliphatic rings. The van der Waals surface area contributed by atoms with Gasteiger partial charge in [0.25, 0.3) is 0 Å². The van der Waals surface area contributed by atoms with Gasteiger partial charge in [-0.3, -0.25) is 14.6 Å². The van der Waals surface area contributed by atoms with E-state index >= 15 is 0 Å².